The standard InChI is InChI=1S/3C23H43NP2.2C6H6.3CN.3Rh/c3*1-20(2,3)25(21(4,5)6)16-18-14-13-15-19(24-18)17-26(22(7,8)9)23(10,11)12;2*1-2-4-6-5-3-1;3*1-2;;;/h3*13-15H,16-17H2,1-12H3;2*1-6H;;;;;;/q;;;;;3*-1;;;. The molecule has 0 unspecified atom stereocenters. The van der Waals surface area contributed by atoms with Crippen LogP contribution >= 0.6 is 47.5 Å². The Kier molecular flexibility index (Phi) is 52.2. The first-order valence-electron chi connectivity index (χ1n) is 34.4. The molecule has 0 amide bonds. The summed E-state index contributed by atoms with van der Waals surface area (Å²) in [5.41, 5.74) is 7.73. The minimum absolute atomic E-state index is 0. The number of rotatable bonds is 12. The second kappa shape index (κ2) is 47.5. The van der Waals surface area contributed by atoms with Gasteiger partial charge < -0.3 is 35.5 Å². The molecule has 99 heavy (non-hydrogen) atoms. The third kappa shape index (κ3) is 46.5. The fraction of sp³-hybridized carbons (Fsp3) is 0.643. The largest absolute Gasteiger partial charge is 0.512 e. The Balaban J connectivity index is -0.000000286. The van der Waals surface area contributed by atoms with Crippen LogP contribution in [0.4, 0.5) is 0 Å². The Labute approximate surface area is 660 Å². The van der Waals surface area contributed by atoms with Gasteiger partial charge >= 0.3 is 0 Å². The van der Waals surface area contributed by atoms with Crippen molar-refractivity contribution in [1.29, 1.82) is 15.8 Å². The van der Waals surface area contributed by atoms with Crippen molar-refractivity contribution >= 4 is 47.5 Å². The maximum absolute atomic E-state index is 6.25. The summed E-state index contributed by atoms with van der Waals surface area (Å²) in [5, 5.41) is 22.9. The molecule has 2 aromatic carbocycles. The predicted octanol–water partition coefficient (Wildman–Crippen LogP) is 28.4. The van der Waals surface area contributed by atoms with E-state index in [-0.39, 0.29) is 106 Å². The van der Waals surface area contributed by atoms with Crippen LogP contribution in [-0.4, -0.2) is 76.8 Å². The fourth-order valence-corrected chi connectivity index (χ4v) is 33.5. The molecule has 3 radical (unpaired) electrons. The fourth-order valence-electron chi connectivity index (χ4n) is 12.7. The van der Waals surface area contributed by atoms with Gasteiger partial charge in [0.05, 0.1) is 0 Å². The molecule has 0 aliphatic rings. The molecule has 0 N–H and O–H groups in total. The smallest absolute Gasteiger partial charge is 0.0450 e. The second-order valence-electron chi connectivity index (χ2n) is 36.7. The van der Waals surface area contributed by atoms with Gasteiger partial charge in [0.2, 0.25) is 0 Å². The Morgan fingerprint density at radius 3 is 0.343 bits per heavy atom. The molecule has 0 saturated heterocycles. The molecular weight excluding hydrogens is 1590 g/mol. The maximum atomic E-state index is 6.25. The summed E-state index contributed by atoms with van der Waals surface area (Å²) in [6.45, 7) is 100. The van der Waals surface area contributed by atoms with E-state index in [4.69, 9.17) is 50.5 Å². The van der Waals surface area contributed by atoms with E-state index in [9.17, 15) is 0 Å². The van der Waals surface area contributed by atoms with Gasteiger partial charge in [-0.2, -0.15) is 0 Å². The molecule has 0 bridgehead atoms. The van der Waals surface area contributed by atoms with Crippen LogP contribution in [0.25, 0.3) is 0 Å². The minimum atomic E-state index is -0.154. The van der Waals surface area contributed by atoms with Gasteiger partial charge in [-0.25, -0.2) is 0 Å². The second-order valence-corrected chi connectivity index (χ2v) is 59.9. The van der Waals surface area contributed by atoms with Crippen LogP contribution in [0.3, 0.4) is 0 Å². The summed E-state index contributed by atoms with van der Waals surface area (Å²) >= 11 is 0. The molecule has 0 fully saturated rings. The van der Waals surface area contributed by atoms with Crippen molar-refractivity contribution in [3.8, 4) is 0 Å². The van der Waals surface area contributed by atoms with Crippen molar-refractivity contribution in [3.05, 3.63) is 181 Å². The molecule has 3 heterocycles. The van der Waals surface area contributed by atoms with E-state index in [2.05, 4.69) is 304 Å². The Bertz CT molecular complexity index is 2360. The Morgan fingerprint density at radius 1 is 0.192 bits per heavy atom. The van der Waals surface area contributed by atoms with Crippen LogP contribution in [0.5, 0.6) is 0 Å². The molecule has 0 aliphatic heterocycles. The van der Waals surface area contributed by atoms with E-state index in [1.54, 1.807) is 0 Å². The number of pyridine rings is 3. The first-order chi connectivity index (χ1) is 43.3. The number of aromatic nitrogens is 3. The molecule has 0 atom stereocenters. The van der Waals surface area contributed by atoms with E-state index in [0.717, 1.165) is 37.0 Å². The van der Waals surface area contributed by atoms with Gasteiger partial charge in [0.15, 0.2) is 0 Å². The summed E-state index contributed by atoms with van der Waals surface area (Å²) in [6, 6.07) is 44.2. The molecule has 0 spiro atoms. The van der Waals surface area contributed by atoms with E-state index in [1.165, 1.54) is 34.2 Å². The quantitative estimate of drug-likeness (QED) is 0.0699. The van der Waals surface area contributed by atoms with Crippen molar-refractivity contribution in [1.82, 2.24) is 15.0 Å². The average molecular weight is 1730 g/mol. The van der Waals surface area contributed by atoms with E-state index in [1.807, 2.05) is 72.8 Å². The van der Waals surface area contributed by atoms with Gasteiger partial charge in [-0.1, -0.05) is 388 Å². The summed E-state index contributed by atoms with van der Waals surface area (Å²) in [5.74, 6) is 0. The van der Waals surface area contributed by atoms with Gasteiger partial charge in [-0.15, -0.1) is 0 Å². The van der Waals surface area contributed by atoms with Crippen molar-refractivity contribution in [2.24, 2.45) is 0 Å². The van der Waals surface area contributed by atoms with Gasteiger partial charge in [-0.3, -0.25) is 15.0 Å². The van der Waals surface area contributed by atoms with Crippen LogP contribution in [-0.2, 0) is 95.4 Å². The van der Waals surface area contributed by atoms with Crippen molar-refractivity contribution in [2.75, 3.05) is 0 Å². The van der Waals surface area contributed by atoms with Crippen LogP contribution in [0.15, 0.2) is 127 Å². The van der Waals surface area contributed by atoms with E-state index < -0.39 is 0 Å². The number of hydrogen-bond acceptors (Lipinski definition) is 6. The SMILES string of the molecule is CC(C)(C)P(Cc1cccc(CP(C(C)(C)C)C(C)(C)C)n1)C(C)(C)C.CC(C)(C)P(Cc1cccc(CP(C(C)(C)C)C(C)(C)C)n1)C(C)(C)C.CC(C)(C)P(Cc1cccc(CP(C(C)(C)C)C(C)(C)C)n1)C(C)(C)C.[C-]#N.[C-]#N.[C-]#N.[Rh].[Rh].[Rh].c1ccccc1.c1ccccc1. The summed E-state index contributed by atoms with van der Waals surface area (Å²) in [6.07, 6.45) is 6.74. The van der Waals surface area contributed by atoms with Crippen LogP contribution in [0.1, 0.15) is 283 Å². The minimum Gasteiger partial charge on any atom is -0.512 e. The predicted molar refractivity (Wildman–Crippen MR) is 441 cm³/mol. The number of hydrogen-bond donors (Lipinski definition) is 0. The normalized spacial score (nSPS) is 12.4. The summed E-state index contributed by atoms with van der Waals surface area (Å²) in [4.78, 5) is 15.4. The van der Waals surface area contributed by atoms with Crippen molar-refractivity contribution < 1.29 is 58.4 Å². The van der Waals surface area contributed by atoms with Gasteiger partial charge in [0.1, 0.15) is 0 Å². The molecule has 0 saturated carbocycles. The molecule has 15 heteroatoms. The number of benzene rings is 2. The Hall–Kier alpha value is -1.19. The first kappa shape index (κ1) is 109. The molecule has 3 aromatic heterocycles. The molecule has 6 nitrogen and oxygen atoms in total. The average Bonchev–Trinajstić information content (AvgIpc) is 0.830. The molecule has 567 valence electrons. The van der Waals surface area contributed by atoms with E-state index >= 15 is 0 Å². The zero-order valence-electron chi connectivity index (χ0n) is 69.2. The zero-order chi connectivity index (χ0) is 76.1. The van der Waals surface area contributed by atoms with Gasteiger partial charge in [-0.05, 0) is 98.3 Å². The third-order valence-electron chi connectivity index (χ3n) is 15.6. The third-order valence-corrected chi connectivity index (χ3v) is 38.8. The molecule has 5 rings (SSSR count). The van der Waals surface area contributed by atoms with Gasteiger partial charge in [0.25, 0.3) is 0 Å². The summed E-state index contributed by atoms with van der Waals surface area (Å²) < 4.78 is 0. The molecular formula is C84H141N6P6Rh3-3. The monoisotopic (exact) mass is 1730 g/mol. The van der Waals surface area contributed by atoms with Crippen LogP contribution in [0, 0.1) is 35.5 Å². The zero-order valence-corrected chi connectivity index (χ0v) is 79.5. The van der Waals surface area contributed by atoms with Gasteiger partial charge in [0, 0.05) is 130 Å². The van der Waals surface area contributed by atoms with Crippen LogP contribution in [0.2, 0.25) is 0 Å². The topological polar surface area (TPSA) is 110 Å². The first-order valence-corrected chi connectivity index (χ1v) is 43.6. The van der Waals surface area contributed by atoms with Crippen LogP contribution < -0.4 is 0 Å². The van der Waals surface area contributed by atoms with Crippen molar-refractivity contribution in [3.63, 3.8) is 0 Å². The van der Waals surface area contributed by atoms with E-state index in [0.29, 0.717) is 61.9 Å². The summed E-state index contributed by atoms with van der Waals surface area (Å²) in [7, 11) is -0.925. The van der Waals surface area contributed by atoms with Crippen molar-refractivity contribution in [2.45, 2.75) is 348 Å². The number of nitrogens with zero attached hydrogens (tertiary/aromatic N) is 6. The molecule has 0 aliphatic carbocycles. The molecule has 5 aromatic rings. The maximum Gasteiger partial charge on any atom is 0.0450 e. The Morgan fingerprint density at radius 2 is 0.273 bits per heavy atom.